The second-order valence-corrected chi connectivity index (χ2v) is 28.1. The van der Waals surface area contributed by atoms with Crippen LogP contribution in [0.2, 0.25) is 0 Å². The summed E-state index contributed by atoms with van der Waals surface area (Å²) in [4.78, 5) is 35.9. The molecular formula is C78H145NO8P+. The fourth-order valence-electron chi connectivity index (χ4n) is 11.0. The predicted molar refractivity (Wildman–Crippen MR) is 381 cm³/mol. The molecule has 0 rings (SSSR count). The Balaban J connectivity index is 3.98. The number of phosphoric acid groups is 1. The van der Waals surface area contributed by atoms with Crippen molar-refractivity contribution in [2.24, 2.45) is 0 Å². The van der Waals surface area contributed by atoms with E-state index >= 15 is 0 Å². The topological polar surface area (TPSA) is 108 Å². The summed E-state index contributed by atoms with van der Waals surface area (Å²) in [5, 5.41) is 0. The number of quaternary nitrogens is 1. The summed E-state index contributed by atoms with van der Waals surface area (Å²) < 4.78 is 34.8. The lowest BCUT2D eigenvalue weighted by molar-refractivity contribution is -0.870. The molecule has 0 fully saturated rings. The number of phosphoric ester groups is 1. The van der Waals surface area contributed by atoms with E-state index in [4.69, 9.17) is 18.5 Å². The number of carbonyl (C=O) groups is 2. The number of likely N-dealkylation sites (N-methyl/N-ethyl adjacent to an activating group) is 1. The molecule has 0 radical (unpaired) electrons. The molecule has 0 aromatic carbocycles. The third-order valence-corrected chi connectivity index (χ3v) is 17.7. The highest BCUT2D eigenvalue weighted by Gasteiger charge is 2.27. The molecule has 0 heterocycles. The number of unbranched alkanes of at least 4 members (excludes halogenated alkanes) is 44. The first-order valence-corrected chi connectivity index (χ1v) is 39.2. The Morgan fingerprint density at radius 2 is 0.648 bits per heavy atom. The molecule has 0 bridgehead atoms. The number of ether oxygens (including phenoxy) is 2. The van der Waals surface area contributed by atoms with E-state index in [-0.39, 0.29) is 25.6 Å². The van der Waals surface area contributed by atoms with Crippen molar-refractivity contribution in [3.8, 4) is 0 Å². The molecule has 2 unspecified atom stereocenters. The van der Waals surface area contributed by atoms with Crippen LogP contribution in [0.15, 0.2) is 72.9 Å². The summed E-state index contributed by atoms with van der Waals surface area (Å²) in [6, 6.07) is 0. The molecule has 1 N–H and O–H groups in total. The zero-order valence-corrected chi connectivity index (χ0v) is 59.6. The van der Waals surface area contributed by atoms with Gasteiger partial charge in [0.2, 0.25) is 0 Å². The second kappa shape index (κ2) is 68.8. The number of carbonyl (C=O) groups excluding carboxylic acids is 2. The number of hydrogen-bond donors (Lipinski definition) is 1. The minimum Gasteiger partial charge on any atom is -0.462 e. The fourth-order valence-corrected chi connectivity index (χ4v) is 11.8. The first-order valence-electron chi connectivity index (χ1n) is 37.7. The molecule has 0 saturated carbocycles. The van der Waals surface area contributed by atoms with Crippen molar-refractivity contribution in [1.29, 1.82) is 0 Å². The first-order chi connectivity index (χ1) is 43.0. The highest BCUT2D eigenvalue weighted by Crippen LogP contribution is 2.43. The molecule has 0 spiro atoms. The Hall–Kier alpha value is -2.55. The molecule has 0 aliphatic heterocycles. The SMILES string of the molecule is CC/C=C\C/C=C\C/C=C\C/C=C\C/C=C\C/C=C\CCCCCCCCCCCCCCC(=O)OC(COC(=O)CCCCCCCCCCCCCCCCCCCCCCCCCCCCCCCCCCC)COP(=O)(O)OCC[N+](C)(C)C. The minimum atomic E-state index is -4.40. The van der Waals surface area contributed by atoms with Crippen LogP contribution in [-0.2, 0) is 32.7 Å². The molecule has 2 atom stereocenters. The maximum absolute atomic E-state index is 12.9. The van der Waals surface area contributed by atoms with Crippen LogP contribution < -0.4 is 0 Å². The Bertz CT molecular complexity index is 1710. The lowest BCUT2D eigenvalue weighted by Gasteiger charge is -2.24. The van der Waals surface area contributed by atoms with Gasteiger partial charge in [0.1, 0.15) is 19.8 Å². The van der Waals surface area contributed by atoms with Crippen LogP contribution >= 0.6 is 7.82 Å². The van der Waals surface area contributed by atoms with E-state index in [0.717, 1.165) is 77.0 Å². The van der Waals surface area contributed by atoms with Gasteiger partial charge in [-0.05, 0) is 64.2 Å². The third-order valence-electron chi connectivity index (χ3n) is 16.8. The summed E-state index contributed by atoms with van der Waals surface area (Å²) in [6.45, 7) is 4.38. The van der Waals surface area contributed by atoms with Crippen molar-refractivity contribution in [2.75, 3.05) is 47.5 Å². The Morgan fingerprint density at radius 3 is 0.966 bits per heavy atom. The van der Waals surface area contributed by atoms with Gasteiger partial charge >= 0.3 is 19.8 Å². The van der Waals surface area contributed by atoms with Crippen LogP contribution in [0.3, 0.4) is 0 Å². The maximum Gasteiger partial charge on any atom is 0.472 e. The van der Waals surface area contributed by atoms with Gasteiger partial charge in [-0.2, -0.15) is 0 Å². The highest BCUT2D eigenvalue weighted by atomic mass is 31.2. The van der Waals surface area contributed by atoms with Crippen LogP contribution in [-0.4, -0.2) is 74.9 Å². The smallest absolute Gasteiger partial charge is 0.462 e. The normalized spacial score (nSPS) is 13.5. The van der Waals surface area contributed by atoms with E-state index in [9.17, 15) is 19.0 Å². The Labute approximate surface area is 546 Å². The molecule has 514 valence electrons. The number of allylic oxidation sites excluding steroid dienone is 12. The molecule has 0 amide bonds. The predicted octanol–water partition coefficient (Wildman–Crippen LogP) is 24.7. The summed E-state index contributed by atoms with van der Waals surface area (Å²) >= 11 is 0. The van der Waals surface area contributed by atoms with Crippen molar-refractivity contribution in [2.45, 2.75) is 367 Å². The molecule has 0 aromatic rings. The molecule has 10 heteroatoms. The van der Waals surface area contributed by atoms with Gasteiger partial charge in [0.15, 0.2) is 6.10 Å². The van der Waals surface area contributed by atoms with Crippen LogP contribution in [0.25, 0.3) is 0 Å². The quantitative estimate of drug-likeness (QED) is 0.0211. The maximum atomic E-state index is 12.9. The standard InChI is InChI=1S/C78H144NO8P/c1-6-8-10-12-14-16-18-20-22-24-26-28-30-32-34-36-38-39-41-42-44-46-48-50-52-54-56-58-60-62-64-66-68-70-77(80)84-74-76(75-86-88(82,83)85-73-72-79(3,4)5)87-78(81)71-69-67-65-63-61-59-57-55-53-51-49-47-45-43-40-37-35-33-31-29-27-25-23-21-19-17-15-13-11-9-7-2/h9,11,15,17,21,23,27,29,33,35,40,43,76H,6-8,10,12-14,16,18-20,22,24-26,28,30-32,34,36-39,41-42,44-75H2,1-5H3/p+1/b11-9-,17-15-,23-21-,29-27-,35-33-,43-40-. The van der Waals surface area contributed by atoms with E-state index in [2.05, 4.69) is 86.8 Å². The Morgan fingerprint density at radius 1 is 0.364 bits per heavy atom. The zero-order valence-electron chi connectivity index (χ0n) is 58.7. The highest BCUT2D eigenvalue weighted by molar-refractivity contribution is 7.47. The fraction of sp³-hybridized carbons (Fsp3) is 0.821. The summed E-state index contributed by atoms with van der Waals surface area (Å²) in [5.74, 6) is -0.784. The van der Waals surface area contributed by atoms with Crippen LogP contribution in [0, 0.1) is 0 Å². The lowest BCUT2D eigenvalue weighted by atomic mass is 10.0. The lowest BCUT2D eigenvalue weighted by Crippen LogP contribution is -2.37. The molecular weight excluding hydrogens is 1110 g/mol. The van der Waals surface area contributed by atoms with E-state index in [0.29, 0.717) is 23.9 Å². The molecule has 0 aromatic heterocycles. The van der Waals surface area contributed by atoms with Gasteiger partial charge in [-0.25, -0.2) is 4.57 Å². The van der Waals surface area contributed by atoms with Gasteiger partial charge in [-0.1, -0.05) is 356 Å². The average Bonchev–Trinajstić information content (AvgIpc) is 3.68. The van der Waals surface area contributed by atoms with Crippen molar-refractivity contribution in [1.82, 2.24) is 0 Å². The van der Waals surface area contributed by atoms with E-state index in [1.807, 2.05) is 21.1 Å². The molecule has 88 heavy (non-hydrogen) atoms. The summed E-state index contributed by atoms with van der Waals surface area (Å²) in [5.41, 5.74) is 0. The van der Waals surface area contributed by atoms with Gasteiger partial charge < -0.3 is 18.9 Å². The third kappa shape index (κ3) is 72.5. The van der Waals surface area contributed by atoms with Crippen LogP contribution in [0.5, 0.6) is 0 Å². The molecule has 0 aliphatic carbocycles. The van der Waals surface area contributed by atoms with Crippen molar-refractivity contribution in [3.05, 3.63) is 72.9 Å². The number of esters is 2. The largest absolute Gasteiger partial charge is 0.472 e. The van der Waals surface area contributed by atoms with Gasteiger partial charge in [-0.3, -0.25) is 18.6 Å². The van der Waals surface area contributed by atoms with E-state index < -0.39 is 26.5 Å². The van der Waals surface area contributed by atoms with Crippen molar-refractivity contribution in [3.63, 3.8) is 0 Å². The zero-order chi connectivity index (χ0) is 64.1. The average molecular weight is 1260 g/mol. The summed E-state index contributed by atoms with van der Waals surface area (Å²) in [7, 11) is 1.49. The van der Waals surface area contributed by atoms with Gasteiger partial charge in [0.25, 0.3) is 0 Å². The van der Waals surface area contributed by atoms with Gasteiger partial charge in [0, 0.05) is 12.8 Å². The number of nitrogens with zero attached hydrogens (tertiary/aromatic N) is 1. The number of hydrogen-bond acceptors (Lipinski definition) is 7. The number of rotatable bonds is 70. The minimum absolute atomic E-state index is 0.0310. The van der Waals surface area contributed by atoms with Gasteiger partial charge in [0.05, 0.1) is 27.7 Å². The van der Waals surface area contributed by atoms with Gasteiger partial charge in [-0.15, -0.1) is 0 Å². The molecule has 0 aliphatic rings. The first kappa shape index (κ1) is 85.5. The van der Waals surface area contributed by atoms with Crippen molar-refractivity contribution < 1.29 is 42.1 Å². The molecule has 9 nitrogen and oxygen atoms in total. The second-order valence-electron chi connectivity index (χ2n) is 26.7. The molecule has 0 saturated heterocycles. The Kier molecular flexibility index (Phi) is 66.8. The van der Waals surface area contributed by atoms with Crippen molar-refractivity contribution >= 4 is 19.8 Å². The van der Waals surface area contributed by atoms with Crippen LogP contribution in [0.4, 0.5) is 0 Å². The summed E-state index contributed by atoms with van der Waals surface area (Å²) in [6.07, 6.45) is 93.2. The monoisotopic (exact) mass is 1260 g/mol. The van der Waals surface area contributed by atoms with E-state index in [1.165, 1.54) is 250 Å². The van der Waals surface area contributed by atoms with E-state index in [1.54, 1.807) is 0 Å². The van der Waals surface area contributed by atoms with Crippen LogP contribution in [0.1, 0.15) is 361 Å².